The van der Waals surface area contributed by atoms with E-state index < -0.39 is 5.97 Å². The molecular formula is C16H15NO4. The van der Waals surface area contributed by atoms with Crippen LogP contribution >= 0.6 is 0 Å². The largest absolute Gasteiger partial charge is 0.497 e. The first-order valence-electron chi connectivity index (χ1n) is 6.34. The third kappa shape index (κ3) is 4.35. The van der Waals surface area contributed by atoms with Crippen LogP contribution in [0.25, 0.3) is 6.08 Å². The first-order chi connectivity index (χ1) is 10.2. The van der Waals surface area contributed by atoms with Crippen LogP contribution in [0.3, 0.4) is 0 Å². The molecular weight excluding hydrogens is 270 g/mol. The molecule has 1 aromatic carbocycles. The van der Waals surface area contributed by atoms with Gasteiger partial charge in [-0.05, 0) is 35.9 Å². The summed E-state index contributed by atoms with van der Waals surface area (Å²) in [5, 5.41) is 0. The van der Waals surface area contributed by atoms with Crippen LogP contribution in [0.5, 0.6) is 5.75 Å². The molecule has 1 heterocycles. The first kappa shape index (κ1) is 14.6. The van der Waals surface area contributed by atoms with Crippen molar-refractivity contribution in [2.24, 2.45) is 0 Å². The minimum absolute atomic E-state index is 0.275. The fourth-order valence-corrected chi connectivity index (χ4v) is 1.68. The number of nitrogens with one attached hydrogen (secondary N) is 1. The van der Waals surface area contributed by atoms with Gasteiger partial charge in [0.2, 0.25) is 5.78 Å². The summed E-state index contributed by atoms with van der Waals surface area (Å²) in [6.45, 7) is -0.290. The lowest BCUT2D eigenvalue weighted by atomic mass is 10.2. The third-order valence-electron chi connectivity index (χ3n) is 2.75. The van der Waals surface area contributed by atoms with Crippen LogP contribution in [0.15, 0.2) is 48.7 Å². The molecule has 21 heavy (non-hydrogen) atoms. The second kappa shape index (κ2) is 7.09. The highest BCUT2D eigenvalue weighted by Crippen LogP contribution is 2.13. The van der Waals surface area contributed by atoms with E-state index in [-0.39, 0.29) is 12.4 Å². The van der Waals surface area contributed by atoms with E-state index in [0.29, 0.717) is 11.4 Å². The molecule has 0 aliphatic rings. The molecule has 108 valence electrons. The smallest absolute Gasteiger partial charge is 0.331 e. The van der Waals surface area contributed by atoms with Gasteiger partial charge in [0, 0.05) is 12.3 Å². The number of methoxy groups -OCH3 is 1. The van der Waals surface area contributed by atoms with Gasteiger partial charge in [-0.15, -0.1) is 0 Å². The zero-order valence-electron chi connectivity index (χ0n) is 11.5. The van der Waals surface area contributed by atoms with E-state index in [2.05, 4.69) is 4.98 Å². The van der Waals surface area contributed by atoms with Crippen molar-refractivity contribution in [1.29, 1.82) is 0 Å². The predicted molar refractivity (Wildman–Crippen MR) is 78.1 cm³/mol. The fraction of sp³-hybridized carbons (Fsp3) is 0.125. The second-order valence-electron chi connectivity index (χ2n) is 4.22. The molecule has 0 aliphatic heterocycles. The number of carbonyl (C=O) groups excluding carboxylic acids is 2. The summed E-state index contributed by atoms with van der Waals surface area (Å²) in [6.07, 6.45) is 4.51. The van der Waals surface area contributed by atoms with Crippen LogP contribution in [0.4, 0.5) is 0 Å². The monoisotopic (exact) mass is 285 g/mol. The topological polar surface area (TPSA) is 68.4 Å². The van der Waals surface area contributed by atoms with E-state index in [1.165, 1.54) is 6.08 Å². The number of aromatic nitrogens is 1. The van der Waals surface area contributed by atoms with Gasteiger partial charge >= 0.3 is 5.97 Å². The van der Waals surface area contributed by atoms with Crippen LogP contribution in [0, 0.1) is 0 Å². The van der Waals surface area contributed by atoms with Crippen molar-refractivity contribution in [1.82, 2.24) is 4.98 Å². The van der Waals surface area contributed by atoms with Gasteiger partial charge in [0.25, 0.3) is 0 Å². The summed E-state index contributed by atoms with van der Waals surface area (Å²) >= 11 is 0. The summed E-state index contributed by atoms with van der Waals surface area (Å²) in [4.78, 5) is 25.9. The number of hydrogen-bond donors (Lipinski definition) is 1. The summed E-state index contributed by atoms with van der Waals surface area (Å²) in [5.74, 6) is -0.145. The maximum absolute atomic E-state index is 11.6. The Balaban J connectivity index is 1.86. The van der Waals surface area contributed by atoms with Crippen molar-refractivity contribution in [3.8, 4) is 5.75 Å². The molecule has 5 nitrogen and oxygen atoms in total. The highest BCUT2D eigenvalue weighted by molar-refractivity contribution is 5.97. The summed E-state index contributed by atoms with van der Waals surface area (Å²) in [5.41, 5.74) is 1.22. The molecule has 0 saturated heterocycles. The number of esters is 1. The SMILES string of the molecule is COc1cccc(/C=C/C(=O)OCC(=O)c2ccc[nH]2)c1. The lowest BCUT2D eigenvalue weighted by Gasteiger charge is -2.01. The molecule has 0 aliphatic carbocycles. The van der Waals surface area contributed by atoms with Crippen molar-refractivity contribution in [3.05, 3.63) is 59.9 Å². The number of ketones is 1. The van der Waals surface area contributed by atoms with E-state index in [1.54, 1.807) is 37.6 Å². The van der Waals surface area contributed by atoms with Gasteiger partial charge in [0.15, 0.2) is 6.61 Å². The number of benzene rings is 1. The molecule has 5 heteroatoms. The number of ether oxygens (including phenoxy) is 2. The Kier molecular flexibility index (Phi) is 4.93. The summed E-state index contributed by atoms with van der Waals surface area (Å²) in [7, 11) is 1.57. The molecule has 0 amide bonds. The number of rotatable bonds is 6. The van der Waals surface area contributed by atoms with E-state index in [1.807, 2.05) is 18.2 Å². The highest BCUT2D eigenvalue weighted by atomic mass is 16.5. The van der Waals surface area contributed by atoms with E-state index in [9.17, 15) is 9.59 Å². The Morgan fingerprint density at radius 1 is 1.24 bits per heavy atom. The molecule has 0 spiro atoms. The summed E-state index contributed by atoms with van der Waals surface area (Å²) in [6, 6.07) is 10.6. The molecule has 0 fully saturated rings. The van der Waals surface area contributed by atoms with Crippen molar-refractivity contribution in [3.63, 3.8) is 0 Å². The minimum Gasteiger partial charge on any atom is -0.497 e. The number of hydrogen-bond acceptors (Lipinski definition) is 4. The zero-order chi connectivity index (χ0) is 15.1. The Hall–Kier alpha value is -2.82. The maximum atomic E-state index is 11.6. The van der Waals surface area contributed by atoms with Crippen LogP contribution in [0.1, 0.15) is 16.1 Å². The van der Waals surface area contributed by atoms with Crippen molar-refractivity contribution >= 4 is 17.8 Å². The van der Waals surface area contributed by atoms with Gasteiger partial charge < -0.3 is 14.5 Å². The van der Waals surface area contributed by atoms with Crippen molar-refractivity contribution in [2.45, 2.75) is 0 Å². The molecule has 0 bridgehead atoms. The normalized spacial score (nSPS) is 10.5. The molecule has 2 aromatic rings. The van der Waals surface area contributed by atoms with Crippen molar-refractivity contribution in [2.75, 3.05) is 13.7 Å². The quantitative estimate of drug-likeness (QED) is 0.503. The molecule has 0 saturated carbocycles. The Morgan fingerprint density at radius 3 is 2.81 bits per heavy atom. The van der Waals surface area contributed by atoms with Crippen LogP contribution < -0.4 is 4.74 Å². The van der Waals surface area contributed by atoms with Gasteiger partial charge in [0.1, 0.15) is 5.75 Å². The molecule has 2 rings (SSSR count). The standard InChI is InChI=1S/C16H15NO4/c1-20-13-5-2-4-12(10-13)7-8-16(19)21-11-15(18)14-6-3-9-17-14/h2-10,17H,11H2,1H3/b8-7+. The first-order valence-corrected chi connectivity index (χ1v) is 6.34. The lowest BCUT2D eigenvalue weighted by Crippen LogP contribution is -2.12. The van der Waals surface area contributed by atoms with Crippen LogP contribution in [0.2, 0.25) is 0 Å². The van der Waals surface area contributed by atoms with Crippen LogP contribution in [-0.2, 0) is 9.53 Å². The Morgan fingerprint density at radius 2 is 2.10 bits per heavy atom. The molecule has 0 atom stereocenters. The van der Waals surface area contributed by atoms with Gasteiger partial charge in [-0.1, -0.05) is 12.1 Å². The predicted octanol–water partition coefficient (Wildman–Crippen LogP) is 2.46. The lowest BCUT2D eigenvalue weighted by molar-refractivity contribution is -0.136. The molecule has 0 radical (unpaired) electrons. The fourth-order valence-electron chi connectivity index (χ4n) is 1.68. The highest BCUT2D eigenvalue weighted by Gasteiger charge is 2.08. The maximum Gasteiger partial charge on any atom is 0.331 e. The van der Waals surface area contributed by atoms with Gasteiger partial charge in [0.05, 0.1) is 12.8 Å². The molecule has 1 aromatic heterocycles. The second-order valence-corrected chi connectivity index (χ2v) is 4.22. The van der Waals surface area contributed by atoms with Gasteiger partial charge in [-0.3, -0.25) is 4.79 Å². The average molecular weight is 285 g/mol. The average Bonchev–Trinajstić information content (AvgIpc) is 3.05. The van der Waals surface area contributed by atoms with E-state index >= 15 is 0 Å². The summed E-state index contributed by atoms with van der Waals surface area (Å²) < 4.78 is 9.96. The van der Waals surface area contributed by atoms with Gasteiger partial charge in [-0.2, -0.15) is 0 Å². The number of carbonyl (C=O) groups is 2. The number of Topliss-reactive ketones (excluding diaryl/α,β-unsaturated/α-hetero) is 1. The van der Waals surface area contributed by atoms with Gasteiger partial charge in [-0.25, -0.2) is 4.79 Å². The van der Waals surface area contributed by atoms with Crippen LogP contribution in [-0.4, -0.2) is 30.5 Å². The third-order valence-corrected chi connectivity index (χ3v) is 2.75. The van der Waals surface area contributed by atoms with E-state index in [4.69, 9.17) is 9.47 Å². The zero-order valence-corrected chi connectivity index (χ0v) is 11.5. The number of H-pyrrole nitrogens is 1. The van der Waals surface area contributed by atoms with Crippen molar-refractivity contribution < 1.29 is 19.1 Å². The molecule has 1 N–H and O–H groups in total. The Bertz CT molecular complexity index is 644. The molecule has 0 unspecified atom stereocenters. The Labute approximate surface area is 122 Å². The number of aromatic amines is 1. The van der Waals surface area contributed by atoms with E-state index in [0.717, 1.165) is 5.56 Å². The minimum atomic E-state index is -0.572.